The van der Waals surface area contributed by atoms with Crippen molar-refractivity contribution in [3.05, 3.63) is 45.0 Å². The van der Waals surface area contributed by atoms with Gasteiger partial charge < -0.3 is 5.32 Å². The Bertz CT molecular complexity index is 392. The van der Waals surface area contributed by atoms with Gasteiger partial charge in [-0.3, -0.25) is 4.79 Å². The van der Waals surface area contributed by atoms with Crippen LogP contribution in [0.2, 0.25) is 5.02 Å². The van der Waals surface area contributed by atoms with Crippen LogP contribution in [0.3, 0.4) is 0 Å². The summed E-state index contributed by atoms with van der Waals surface area (Å²) in [5.41, 5.74) is 0.594. The number of carbonyl (C=O) groups excluding carboxylic acids is 1. The van der Waals surface area contributed by atoms with Crippen LogP contribution in [0.4, 0.5) is 0 Å². The van der Waals surface area contributed by atoms with E-state index in [4.69, 9.17) is 11.6 Å². The van der Waals surface area contributed by atoms with Crippen LogP contribution in [-0.4, -0.2) is 11.9 Å². The zero-order chi connectivity index (χ0) is 11.4. The minimum absolute atomic E-state index is 0.0488. The van der Waals surface area contributed by atoms with Gasteiger partial charge in [-0.1, -0.05) is 17.7 Å². The fraction of sp³-hybridized carbons (Fsp3) is 0.182. The van der Waals surface area contributed by atoms with Gasteiger partial charge in [0.25, 0.3) is 5.91 Å². The van der Waals surface area contributed by atoms with Gasteiger partial charge in [0.15, 0.2) is 0 Å². The molecule has 1 aromatic carbocycles. The molecule has 0 aliphatic heterocycles. The third-order valence-electron chi connectivity index (χ3n) is 1.89. The minimum atomic E-state index is -0.130. The summed E-state index contributed by atoms with van der Waals surface area (Å²) in [6.45, 7) is 5.47. The molecular weight excluding hydrogens is 324 g/mol. The molecule has 0 saturated carbocycles. The van der Waals surface area contributed by atoms with E-state index in [-0.39, 0.29) is 11.9 Å². The molecule has 0 radical (unpaired) electrons. The molecule has 0 aliphatic carbocycles. The zero-order valence-corrected chi connectivity index (χ0v) is 11.2. The van der Waals surface area contributed by atoms with Gasteiger partial charge in [0.05, 0.1) is 5.56 Å². The van der Waals surface area contributed by atoms with E-state index in [0.717, 1.165) is 3.57 Å². The van der Waals surface area contributed by atoms with Gasteiger partial charge in [-0.25, -0.2) is 0 Å². The highest BCUT2D eigenvalue weighted by atomic mass is 127. The molecule has 0 bridgehead atoms. The van der Waals surface area contributed by atoms with Crippen LogP contribution in [0.25, 0.3) is 0 Å². The van der Waals surface area contributed by atoms with E-state index >= 15 is 0 Å². The highest BCUT2D eigenvalue weighted by Crippen LogP contribution is 2.17. The second-order valence-corrected chi connectivity index (χ2v) is 4.72. The van der Waals surface area contributed by atoms with E-state index in [1.807, 2.05) is 13.0 Å². The molecule has 0 spiro atoms. The van der Waals surface area contributed by atoms with Crippen LogP contribution >= 0.6 is 34.2 Å². The van der Waals surface area contributed by atoms with Crippen molar-refractivity contribution < 1.29 is 4.79 Å². The summed E-state index contributed by atoms with van der Waals surface area (Å²) >= 11 is 7.93. The summed E-state index contributed by atoms with van der Waals surface area (Å²) in [5, 5.41) is 3.36. The van der Waals surface area contributed by atoms with Crippen molar-refractivity contribution in [2.75, 3.05) is 0 Å². The topological polar surface area (TPSA) is 29.1 Å². The summed E-state index contributed by atoms with van der Waals surface area (Å²) in [4.78, 5) is 11.8. The number of hydrogen-bond acceptors (Lipinski definition) is 1. The molecule has 0 aliphatic rings. The molecule has 0 fully saturated rings. The Hall–Kier alpha value is -0.550. The Morgan fingerprint density at radius 2 is 2.33 bits per heavy atom. The van der Waals surface area contributed by atoms with Crippen LogP contribution in [0.5, 0.6) is 0 Å². The first-order valence-electron chi connectivity index (χ1n) is 4.43. The van der Waals surface area contributed by atoms with E-state index < -0.39 is 0 Å². The maximum atomic E-state index is 11.8. The van der Waals surface area contributed by atoms with Gasteiger partial charge in [0.1, 0.15) is 0 Å². The lowest BCUT2D eigenvalue weighted by Gasteiger charge is -2.10. The highest BCUT2D eigenvalue weighted by molar-refractivity contribution is 14.1. The normalized spacial score (nSPS) is 11.9. The molecule has 15 heavy (non-hydrogen) atoms. The predicted octanol–water partition coefficient (Wildman–Crippen LogP) is 3.25. The van der Waals surface area contributed by atoms with Crippen LogP contribution in [-0.2, 0) is 0 Å². The van der Waals surface area contributed by atoms with Crippen molar-refractivity contribution in [3.63, 3.8) is 0 Å². The first kappa shape index (κ1) is 12.5. The number of rotatable bonds is 3. The lowest BCUT2D eigenvalue weighted by molar-refractivity contribution is 0.0946. The van der Waals surface area contributed by atoms with E-state index in [2.05, 4.69) is 34.5 Å². The SMILES string of the molecule is C=CC(C)NC(=O)c1cc(Cl)ccc1I. The summed E-state index contributed by atoms with van der Waals surface area (Å²) in [6.07, 6.45) is 1.68. The fourth-order valence-corrected chi connectivity index (χ4v) is 1.77. The monoisotopic (exact) mass is 335 g/mol. The van der Waals surface area contributed by atoms with Crippen molar-refractivity contribution in [1.82, 2.24) is 5.32 Å². The number of carbonyl (C=O) groups is 1. The van der Waals surface area contributed by atoms with Crippen molar-refractivity contribution in [1.29, 1.82) is 0 Å². The molecule has 4 heteroatoms. The number of benzene rings is 1. The predicted molar refractivity (Wildman–Crippen MR) is 71.3 cm³/mol. The van der Waals surface area contributed by atoms with Crippen LogP contribution in [0, 0.1) is 3.57 Å². The third-order valence-corrected chi connectivity index (χ3v) is 3.06. The van der Waals surface area contributed by atoms with Crippen molar-refractivity contribution in [3.8, 4) is 0 Å². The smallest absolute Gasteiger partial charge is 0.252 e. The molecule has 1 unspecified atom stereocenters. The van der Waals surface area contributed by atoms with Gasteiger partial charge >= 0.3 is 0 Å². The van der Waals surface area contributed by atoms with E-state index in [1.54, 1.807) is 18.2 Å². The average Bonchev–Trinajstić information content (AvgIpc) is 2.21. The Morgan fingerprint density at radius 1 is 1.67 bits per heavy atom. The summed E-state index contributed by atoms with van der Waals surface area (Å²) in [5.74, 6) is -0.130. The van der Waals surface area contributed by atoms with E-state index in [0.29, 0.717) is 10.6 Å². The van der Waals surface area contributed by atoms with E-state index in [9.17, 15) is 4.79 Å². The van der Waals surface area contributed by atoms with Crippen LogP contribution in [0.15, 0.2) is 30.9 Å². The lowest BCUT2D eigenvalue weighted by Crippen LogP contribution is -2.31. The first-order valence-corrected chi connectivity index (χ1v) is 5.88. The second kappa shape index (κ2) is 5.51. The Morgan fingerprint density at radius 3 is 2.93 bits per heavy atom. The third kappa shape index (κ3) is 3.50. The van der Waals surface area contributed by atoms with Crippen LogP contribution < -0.4 is 5.32 Å². The molecule has 1 N–H and O–H groups in total. The van der Waals surface area contributed by atoms with Gasteiger partial charge in [-0.05, 0) is 47.7 Å². The van der Waals surface area contributed by atoms with Crippen molar-refractivity contribution >= 4 is 40.1 Å². The largest absolute Gasteiger partial charge is 0.346 e. The number of hydrogen-bond donors (Lipinski definition) is 1. The highest BCUT2D eigenvalue weighted by Gasteiger charge is 2.11. The molecule has 0 aromatic heterocycles. The van der Waals surface area contributed by atoms with Gasteiger partial charge in [0.2, 0.25) is 0 Å². The molecule has 1 atom stereocenters. The molecule has 0 heterocycles. The fourth-order valence-electron chi connectivity index (χ4n) is 1.01. The standard InChI is InChI=1S/C11H11ClINO/c1-3-7(2)14-11(15)9-6-8(12)4-5-10(9)13/h3-7H,1H2,2H3,(H,14,15). The molecule has 1 rings (SSSR count). The summed E-state index contributed by atoms with van der Waals surface area (Å²) in [6, 6.07) is 5.19. The molecular formula is C11H11ClINO. The van der Waals surface area contributed by atoms with Crippen molar-refractivity contribution in [2.24, 2.45) is 0 Å². The maximum absolute atomic E-state index is 11.8. The molecule has 2 nitrogen and oxygen atoms in total. The van der Waals surface area contributed by atoms with Crippen LogP contribution in [0.1, 0.15) is 17.3 Å². The first-order chi connectivity index (χ1) is 7.04. The Balaban J connectivity index is 2.90. The number of nitrogens with one attached hydrogen (secondary N) is 1. The second-order valence-electron chi connectivity index (χ2n) is 3.12. The Labute approximate surface area is 108 Å². The molecule has 1 amide bonds. The van der Waals surface area contributed by atoms with E-state index in [1.165, 1.54) is 0 Å². The summed E-state index contributed by atoms with van der Waals surface area (Å²) in [7, 11) is 0. The number of halogens is 2. The summed E-state index contributed by atoms with van der Waals surface area (Å²) < 4.78 is 0.880. The lowest BCUT2D eigenvalue weighted by atomic mass is 10.2. The Kier molecular flexibility index (Phi) is 4.60. The van der Waals surface area contributed by atoms with Crippen molar-refractivity contribution in [2.45, 2.75) is 13.0 Å². The molecule has 1 aromatic rings. The zero-order valence-electron chi connectivity index (χ0n) is 8.26. The molecule has 80 valence electrons. The van der Waals surface area contributed by atoms with Gasteiger partial charge in [-0.15, -0.1) is 6.58 Å². The minimum Gasteiger partial charge on any atom is -0.346 e. The number of amides is 1. The average molecular weight is 336 g/mol. The molecule has 0 saturated heterocycles. The van der Waals surface area contributed by atoms with Gasteiger partial charge in [0, 0.05) is 14.6 Å². The van der Waals surface area contributed by atoms with Gasteiger partial charge in [-0.2, -0.15) is 0 Å². The quantitative estimate of drug-likeness (QED) is 0.667. The maximum Gasteiger partial charge on any atom is 0.252 e.